The van der Waals surface area contributed by atoms with Crippen molar-refractivity contribution < 1.29 is 4.74 Å². The van der Waals surface area contributed by atoms with E-state index in [4.69, 9.17) is 10.5 Å². The number of aromatic nitrogens is 4. The van der Waals surface area contributed by atoms with Crippen LogP contribution in [0.5, 0.6) is 5.75 Å². The summed E-state index contributed by atoms with van der Waals surface area (Å²) in [6.45, 7) is 0.859. The molecule has 0 aliphatic rings. The molecule has 0 bridgehead atoms. The summed E-state index contributed by atoms with van der Waals surface area (Å²) in [6.07, 6.45) is 2.90. The van der Waals surface area contributed by atoms with Crippen LogP contribution in [-0.2, 0) is 6.54 Å². The van der Waals surface area contributed by atoms with Crippen molar-refractivity contribution in [1.29, 1.82) is 0 Å². The number of aromatic amines is 1. The third kappa shape index (κ3) is 3.30. The molecule has 0 unspecified atom stereocenters. The minimum absolute atomic E-state index is 0.564. The van der Waals surface area contributed by atoms with E-state index >= 15 is 0 Å². The number of ether oxygens (including phenoxy) is 1. The van der Waals surface area contributed by atoms with Crippen molar-refractivity contribution >= 4 is 28.6 Å². The van der Waals surface area contributed by atoms with E-state index in [1.807, 2.05) is 29.1 Å². The molecule has 21 heavy (non-hydrogen) atoms. The highest BCUT2D eigenvalue weighted by atomic mass is 32.2. The lowest BCUT2D eigenvalue weighted by Gasteiger charge is -2.00. The van der Waals surface area contributed by atoms with Crippen LogP contribution in [0.3, 0.4) is 0 Å². The first kappa shape index (κ1) is 13.8. The molecule has 110 valence electrons. The van der Waals surface area contributed by atoms with Crippen molar-refractivity contribution in [3.05, 3.63) is 30.5 Å². The molecule has 0 amide bonds. The lowest BCUT2D eigenvalue weighted by molar-refractivity contribution is 0.415. The number of nitrogen functional groups attached to an aromatic ring is 1. The van der Waals surface area contributed by atoms with Crippen LogP contribution in [0.15, 0.2) is 35.6 Å². The first-order chi connectivity index (χ1) is 10.2. The molecule has 2 heterocycles. The maximum absolute atomic E-state index is 5.58. The molecule has 6 nitrogen and oxygen atoms in total. The molecule has 0 aliphatic carbocycles. The van der Waals surface area contributed by atoms with Crippen LogP contribution >= 0.6 is 11.8 Å². The van der Waals surface area contributed by atoms with Crippen molar-refractivity contribution in [2.45, 2.75) is 18.1 Å². The maximum Gasteiger partial charge on any atom is 0.166 e. The molecule has 0 aliphatic heterocycles. The third-order valence-corrected chi connectivity index (χ3v) is 4.06. The van der Waals surface area contributed by atoms with Gasteiger partial charge in [0.05, 0.1) is 18.1 Å². The summed E-state index contributed by atoms with van der Waals surface area (Å²) in [4.78, 5) is 7.85. The van der Waals surface area contributed by atoms with Gasteiger partial charge in [0.15, 0.2) is 5.16 Å². The fourth-order valence-electron chi connectivity index (χ4n) is 2.06. The smallest absolute Gasteiger partial charge is 0.166 e. The Hall–Kier alpha value is -2.15. The van der Waals surface area contributed by atoms with Gasteiger partial charge in [-0.15, -0.1) is 0 Å². The highest BCUT2D eigenvalue weighted by Gasteiger charge is 2.04. The fourth-order valence-corrected chi connectivity index (χ4v) is 2.87. The Morgan fingerprint density at radius 3 is 3.05 bits per heavy atom. The number of anilines is 1. The highest BCUT2D eigenvalue weighted by molar-refractivity contribution is 7.99. The average Bonchev–Trinajstić information content (AvgIpc) is 3.08. The van der Waals surface area contributed by atoms with Crippen LogP contribution in [0, 0.1) is 0 Å². The van der Waals surface area contributed by atoms with E-state index in [0.717, 1.165) is 40.7 Å². The quantitative estimate of drug-likeness (QED) is 0.540. The summed E-state index contributed by atoms with van der Waals surface area (Å²) in [5.74, 6) is 2.37. The number of hydrogen-bond acceptors (Lipinski definition) is 5. The van der Waals surface area contributed by atoms with E-state index < -0.39 is 0 Å². The summed E-state index contributed by atoms with van der Waals surface area (Å²) >= 11 is 1.71. The Bertz CT molecular complexity index is 736. The van der Waals surface area contributed by atoms with Crippen LogP contribution < -0.4 is 10.5 Å². The Morgan fingerprint density at radius 2 is 2.29 bits per heavy atom. The predicted octanol–water partition coefficient (Wildman–Crippen LogP) is 2.53. The van der Waals surface area contributed by atoms with Gasteiger partial charge in [0.1, 0.15) is 11.6 Å². The number of thioether (sulfide) groups is 1. The molecule has 1 aromatic carbocycles. The topological polar surface area (TPSA) is 81.8 Å². The van der Waals surface area contributed by atoms with Gasteiger partial charge in [-0.2, -0.15) is 5.10 Å². The SMILES string of the molecule is COc1ccc2nc(SCCCn3ccc(N)n3)[nH]c2c1. The van der Waals surface area contributed by atoms with Gasteiger partial charge in [-0.25, -0.2) is 4.98 Å². The van der Waals surface area contributed by atoms with Crippen molar-refractivity contribution in [3.8, 4) is 5.75 Å². The van der Waals surface area contributed by atoms with Crippen LogP contribution in [0.25, 0.3) is 11.0 Å². The minimum Gasteiger partial charge on any atom is -0.497 e. The Balaban J connectivity index is 1.55. The van der Waals surface area contributed by atoms with Crippen molar-refractivity contribution in [1.82, 2.24) is 19.7 Å². The zero-order valence-electron chi connectivity index (χ0n) is 11.7. The standard InChI is InChI=1S/C14H17N5OS/c1-20-10-3-4-11-12(9-10)17-14(16-11)21-8-2-6-19-7-5-13(15)18-19/h3-5,7,9H,2,6,8H2,1H3,(H2,15,18)(H,16,17). The summed E-state index contributed by atoms with van der Waals surface area (Å²) in [5, 5.41) is 5.09. The summed E-state index contributed by atoms with van der Waals surface area (Å²) in [7, 11) is 1.66. The first-order valence-corrected chi connectivity index (χ1v) is 7.68. The number of rotatable bonds is 6. The molecular weight excluding hydrogens is 286 g/mol. The van der Waals surface area contributed by atoms with Crippen LogP contribution in [-0.4, -0.2) is 32.6 Å². The Morgan fingerprint density at radius 1 is 1.38 bits per heavy atom. The fraction of sp³-hybridized carbons (Fsp3) is 0.286. The molecule has 0 radical (unpaired) electrons. The van der Waals surface area contributed by atoms with E-state index in [0.29, 0.717) is 5.82 Å². The summed E-state index contributed by atoms with van der Waals surface area (Å²) < 4.78 is 7.07. The number of hydrogen-bond donors (Lipinski definition) is 2. The van der Waals surface area contributed by atoms with Crippen LogP contribution in [0.2, 0.25) is 0 Å². The van der Waals surface area contributed by atoms with Crippen molar-refractivity contribution in [2.75, 3.05) is 18.6 Å². The number of aryl methyl sites for hydroxylation is 1. The van der Waals surface area contributed by atoms with Gasteiger partial charge in [-0.3, -0.25) is 4.68 Å². The zero-order chi connectivity index (χ0) is 14.7. The minimum atomic E-state index is 0.564. The lowest BCUT2D eigenvalue weighted by Crippen LogP contribution is -2.00. The molecule has 0 saturated carbocycles. The summed E-state index contributed by atoms with van der Waals surface area (Å²) in [6, 6.07) is 7.64. The van der Waals surface area contributed by atoms with E-state index in [2.05, 4.69) is 15.1 Å². The molecule has 3 rings (SSSR count). The van der Waals surface area contributed by atoms with Gasteiger partial charge in [-0.05, 0) is 24.6 Å². The molecule has 3 aromatic rings. The second-order valence-electron chi connectivity index (χ2n) is 4.63. The molecule has 2 aromatic heterocycles. The van der Waals surface area contributed by atoms with E-state index in [-0.39, 0.29) is 0 Å². The molecule has 3 N–H and O–H groups in total. The molecular formula is C14H17N5OS. The second kappa shape index (κ2) is 6.09. The molecule has 0 saturated heterocycles. The number of benzene rings is 1. The normalized spacial score (nSPS) is 11.1. The Kier molecular flexibility index (Phi) is 4.01. The largest absolute Gasteiger partial charge is 0.497 e. The van der Waals surface area contributed by atoms with Gasteiger partial charge in [0, 0.05) is 24.6 Å². The molecule has 0 atom stereocenters. The van der Waals surface area contributed by atoms with Crippen molar-refractivity contribution in [3.63, 3.8) is 0 Å². The number of nitrogens with two attached hydrogens (primary N) is 1. The van der Waals surface area contributed by atoms with Gasteiger partial charge < -0.3 is 15.5 Å². The Labute approximate surface area is 126 Å². The third-order valence-electron chi connectivity index (χ3n) is 3.10. The van der Waals surface area contributed by atoms with E-state index in [1.165, 1.54) is 0 Å². The number of nitrogens with one attached hydrogen (secondary N) is 1. The first-order valence-electron chi connectivity index (χ1n) is 6.70. The molecule has 0 spiro atoms. The lowest BCUT2D eigenvalue weighted by atomic mass is 10.3. The van der Waals surface area contributed by atoms with Crippen LogP contribution in [0.4, 0.5) is 5.82 Å². The number of fused-ring (bicyclic) bond motifs is 1. The van der Waals surface area contributed by atoms with Gasteiger partial charge in [0.25, 0.3) is 0 Å². The average molecular weight is 303 g/mol. The number of methoxy groups -OCH3 is 1. The van der Waals surface area contributed by atoms with Crippen molar-refractivity contribution in [2.24, 2.45) is 0 Å². The monoisotopic (exact) mass is 303 g/mol. The number of H-pyrrole nitrogens is 1. The van der Waals surface area contributed by atoms with E-state index in [1.54, 1.807) is 24.9 Å². The number of nitrogens with zero attached hydrogens (tertiary/aromatic N) is 3. The van der Waals surface area contributed by atoms with Gasteiger partial charge in [-0.1, -0.05) is 11.8 Å². The van der Waals surface area contributed by atoms with E-state index in [9.17, 15) is 0 Å². The zero-order valence-corrected chi connectivity index (χ0v) is 12.6. The second-order valence-corrected chi connectivity index (χ2v) is 5.71. The molecule has 0 fully saturated rings. The molecule has 7 heteroatoms. The predicted molar refractivity (Wildman–Crippen MR) is 84.6 cm³/mol. The maximum atomic E-state index is 5.58. The van der Waals surface area contributed by atoms with Gasteiger partial charge in [0.2, 0.25) is 0 Å². The number of imidazole rings is 1. The van der Waals surface area contributed by atoms with Gasteiger partial charge >= 0.3 is 0 Å². The highest BCUT2D eigenvalue weighted by Crippen LogP contribution is 2.23. The summed E-state index contributed by atoms with van der Waals surface area (Å²) in [5.41, 5.74) is 7.53. The van der Waals surface area contributed by atoms with Crippen LogP contribution in [0.1, 0.15) is 6.42 Å².